The third-order valence-electron chi connectivity index (χ3n) is 6.18. The third kappa shape index (κ3) is 3.16. The highest BCUT2D eigenvalue weighted by Gasteiger charge is 2.35. The Morgan fingerprint density at radius 2 is 2.06 bits per heavy atom. The van der Waals surface area contributed by atoms with Crippen LogP contribution in [-0.2, 0) is 4.79 Å². The number of carboxylic acid groups (broad SMARTS) is 1. The number of ether oxygens (including phenoxy) is 1. The summed E-state index contributed by atoms with van der Waals surface area (Å²) < 4.78 is 23.3. The molecule has 5 rings (SSSR count). The number of hydrogen-bond acceptors (Lipinski definition) is 7. The molecule has 0 spiro atoms. The van der Waals surface area contributed by atoms with Crippen molar-refractivity contribution in [2.24, 2.45) is 5.73 Å². The summed E-state index contributed by atoms with van der Waals surface area (Å²) in [5, 5.41) is 12.2. The molecule has 10 nitrogen and oxygen atoms in total. The van der Waals surface area contributed by atoms with Gasteiger partial charge in [0.05, 0.1) is 22.8 Å². The minimum atomic E-state index is -1.45. The van der Waals surface area contributed by atoms with Crippen molar-refractivity contribution in [1.29, 1.82) is 0 Å². The molecule has 0 bridgehead atoms. The van der Waals surface area contributed by atoms with E-state index in [1.54, 1.807) is 36.1 Å². The molecule has 3 aromatic rings. The van der Waals surface area contributed by atoms with Gasteiger partial charge >= 0.3 is 5.97 Å². The van der Waals surface area contributed by atoms with E-state index < -0.39 is 34.5 Å². The Kier molecular flexibility index (Phi) is 4.94. The van der Waals surface area contributed by atoms with Crippen molar-refractivity contribution in [1.82, 2.24) is 9.88 Å². The van der Waals surface area contributed by atoms with Crippen LogP contribution in [0, 0.1) is 5.82 Å². The lowest BCUT2D eigenvalue weighted by Gasteiger charge is -2.30. The summed E-state index contributed by atoms with van der Waals surface area (Å²) in [6, 6.07) is 5.87. The average molecular weight is 467 g/mol. The molecule has 0 radical (unpaired) electrons. The Hall–Kier alpha value is -4.12. The van der Waals surface area contributed by atoms with E-state index in [-0.39, 0.29) is 40.8 Å². The molecule has 2 aliphatic heterocycles. The van der Waals surface area contributed by atoms with Crippen molar-refractivity contribution in [3.63, 3.8) is 0 Å². The van der Waals surface area contributed by atoms with E-state index in [0.717, 1.165) is 0 Å². The molecule has 1 unspecified atom stereocenters. The Balaban J connectivity index is 1.73. The second-order valence-electron chi connectivity index (χ2n) is 8.47. The molecule has 1 saturated heterocycles. The molecular formula is C23H22FN5O5. The molecule has 0 saturated carbocycles. The topological polar surface area (TPSA) is 153 Å². The van der Waals surface area contributed by atoms with E-state index in [4.69, 9.17) is 16.2 Å². The summed E-state index contributed by atoms with van der Waals surface area (Å²) in [7, 11) is 0. The first kappa shape index (κ1) is 21.7. The summed E-state index contributed by atoms with van der Waals surface area (Å²) in [5.41, 5.74) is 10.6. The van der Waals surface area contributed by atoms with Gasteiger partial charge in [0.25, 0.3) is 0 Å². The van der Waals surface area contributed by atoms with Crippen molar-refractivity contribution >= 4 is 34.2 Å². The van der Waals surface area contributed by atoms with Gasteiger partial charge in [0.15, 0.2) is 17.3 Å². The fourth-order valence-electron chi connectivity index (χ4n) is 4.52. The second-order valence-corrected chi connectivity index (χ2v) is 8.47. The first-order chi connectivity index (χ1) is 16.2. The summed E-state index contributed by atoms with van der Waals surface area (Å²) >= 11 is 0. The molecule has 1 aromatic heterocycles. The highest BCUT2D eigenvalue weighted by Crippen LogP contribution is 2.49. The number of nitrogens with two attached hydrogens (primary N) is 2. The number of anilines is 2. The molecule has 1 amide bonds. The van der Waals surface area contributed by atoms with Crippen LogP contribution in [0.1, 0.15) is 23.7 Å². The van der Waals surface area contributed by atoms with Gasteiger partial charge in [0.2, 0.25) is 11.3 Å². The predicted octanol–water partition coefficient (Wildman–Crippen LogP) is 1.56. The number of aromatic nitrogens is 1. The molecule has 176 valence electrons. The number of nitrogens with zero attached hydrogens (tertiary/aromatic N) is 2. The third-order valence-corrected chi connectivity index (χ3v) is 6.18. The van der Waals surface area contributed by atoms with Gasteiger partial charge in [-0.2, -0.15) is 0 Å². The van der Waals surface area contributed by atoms with Crippen LogP contribution < -0.4 is 31.8 Å². The van der Waals surface area contributed by atoms with E-state index in [1.165, 1.54) is 10.8 Å². The van der Waals surface area contributed by atoms with Gasteiger partial charge < -0.3 is 36.1 Å². The van der Waals surface area contributed by atoms with Crippen LogP contribution in [0.5, 0.6) is 11.5 Å². The molecule has 2 atom stereocenters. The highest BCUT2D eigenvalue weighted by molar-refractivity contribution is 6.05. The number of para-hydroxylation sites is 2. The maximum Gasteiger partial charge on any atom is 0.341 e. The van der Waals surface area contributed by atoms with E-state index in [0.29, 0.717) is 24.4 Å². The van der Waals surface area contributed by atoms with Crippen LogP contribution in [0.3, 0.4) is 0 Å². The lowest BCUT2D eigenvalue weighted by Crippen LogP contribution is -2.45. The number of aromatic carboxylic acids is 1. The predicted molar refractivity (Wildman–Crippen MR) is 123 cm³/mol. The van der Waals surface area contributed by atoms with Gasteiger partial charge in [-0.25, -0.2) is 9.18 Å². The minimum absolute atomic E-state index is 0.0493. The van der Waals surface area contributed by atoms with E-state index in [1.807, 2.05) is 0 Å². The van der Waals surface area contributed by atoms with Crippen LogP contribution in [0.4, 0.5) is 15.8 Å². The first-order valence-corrected chi connectivity index (χ1v) is 10.7. The van der Waals surface area contributed by atoms with Crippen molar-refractivity contribution < 1.29 is 23.8 Å². The highest BCUT2D eigenvalue weighted by atomic mass is 19.1. The molecule has 2 aromatic carbocycles. The molecule has 0 aliphatic carbocycles. The normalized spacial score (nSPS) is 17.3. The van der Waals surface area contributed by atoms with Crippen molar-refractivity contribution in [2.75, 3.05) is 23.7 Å². The fraction of sp³-hybridized carbons (Fsp3) is 0.261. The number of hydrogen-bond donors (Lipinski definition) is 4. The summed E-state index contributed by atoms with van der Waals surface area (Å²) in [4.78, 5) is 38.5. The number of nitrogens with one attached hydrogen (secondary N) is 1. The SMILES string of the molecule is C[C@@H](N)C(=O)NC1CCN(c2c(F)c(N)c3c(=O)c(C(=O)O)cn4c3c2Oc2ccccc2-4)C1. The van der Waals surface area contributed by atoms with Crippen LogP contribution in [-0.4, -0.2) is 46.7 Å². The quantitative estimate of drug-likeness (QED) is 0.330. The number of benzene rings is 2. The fourth-order valence-corrected chi connectivity index (χ4v) is 4.52. The lowest BCUT2D eigenvalue weighted by molar-refractivity contribution is -0.122. The van der Waals surface area contributed by atoms with Crippen LogP contribution in [0.15, 0.2) is 35.3 Å². The molecular weight excluding hydrogens is 445 g/mol. The smallest absolute Gasteiger partial charge is 0.341 e. The van der Waals surface area contributed by atoms with E-state index >= 15 is 4.39 Å². The minimum Gasteiger partial charge on any atom is -0.477 e. The van der Waals surface area contributed by atoms with Crippen molar-refractivity contribution in [3.8, 4) is 17.2 Å². The molecule has 34 heavy (non-hydrogen) atoms. The number of amides is 1. The second kappa shape index (κ2) is 7.73. The van der Waals surface area contributed by atoms with Crippen molar-refractivity contribution in [2.45, 2.75) is 25.4 Å². The Morgan fingerprint density at radius 3 is 2.76 bits per heavy atom. The number of rotatable bonds is 4. The van der Waals surface area contributed by atoms with Crippen LogP contribution in [0.2, 0.25) is 0 Å². The molecule has 3 heterocycles. The van der Waals surface area contributed by atoms with Gasteiger partial charge in [0, 0.05) is 25.3 Å². The van der Waals surface area contributed by atoms with Gasteiger partial charge in [-0.15, -0.1) is 0 Å². The molecule has 6 N–H and O–H groups in total. The van der Waals surface area contributed by atoms with E-state index in [9.17, 15) is 19.5 Å². The molecule has 2 aliphatic rings. The zero-order chi connectivity index (χ0) is 24.3. The van der Waals surface area contributed by atoms with Gasteiger partial charge in [0.1, 0.15) is 16.8 Å². The molecule has 1 fully saturated rings. The zero-order valence-corrected chi connectivity index (χ0v) is 18.2. The van der Waals surface area contributed by atoms with Gasteiger partial charge in [-0.05, 0) is 25.5 Å². The number of carbonyl (C=O) groups excluding carboxylic acids is 1. The largest absolute Gasteiger partial charge is 0.477 e. The van der Waals surface area contributed by atoms with Gasteiger partial charge in [-0.1, -0.05) is 12.1 Å². The maximum absolute atomic E-state index is 15.7. The number of pyridine rings is 1. The average Bonchev–Trinajstić information content (AvgIpc) is 3.25. The number of fused-ring (bicyclic) bond motifs is 2. The monoisotopic (exact) mass is 467 g/mol. The molecule has 11 heteroatoms. The summed E-state index contributed by atoms with van der Waals surface area (Å²) in [6.07, 6.45) is 1.74. The number of carbonyl (C=O) groups is 2. The number of nitrogen functional groups attached to an aromatic ring is 1. The Bertz CT molecular complexity index is 1430. The van der Waals surface area contributed by atoms with E-state index in [2.05, 4.69) is 5.32 Å². The Morgan fingerprint density at radius 1 is 1.32 bits per heavy atom. The summed E-state index contributed by atoms with van der Waals surface area (Å²) in [6.45, 7) is 2.24. The number of halogens is 1. The standard InChI is InChI=1S/C23H22FN5O5/c1-10(25)22(31)27-11-6-7-28(8-11)19-16(24)17(26)15-18-21(19)34-14-5-3-2-4-13(14)29(18)9-12(20(15)30)23(32)33/h2-5,9-11H,6-8,25-26H2,1H3,(H,27,31)(H,32,33)/t10-,11?/m1/s1. The zero-order valence-electron chi connectivity index (χ0n) is 18.2. The van der Waals surface area contributed by atoms with Gasteiger partial charge in [-0.3, -0.25) is 9.59 Å². The summed E-state index contributed by atoms with van der Waals surface area (Å²) in [5.74, 6) is -2.22. The Labute approximate surface area is 192 Å². The van der Waals surface area contributed by atoms with Crippen LogP contribution in [0.25, 0.3) is 16.6 Å². The lowest BCUT2D eigenvalue weighted by atomic mass is 10.0. The number of carboxylic acids is 1. The van der Waals surface area contributed by atoms with Crippen LogP contribution >= 0.6 is 0 Å². The van der Waals surface area contributed by atoms with Crippen molar-refractivity contribution in [3.05, 3.63) is 52.1 Å². The first-order valence-electron chi connectivity index (χ1n) is 10.7. The maximum atomic E-state index is 15.7.